The SMILES string of the molecule is Nc1cc(-c2cc3cc(F)ccc3o2)ncn1. The highest BCUT2D eigenvalue weighted by Gasteiger charge is 2.08. The van der Waals surface area contributed by atoms with Crippen molar-refractivity contribution < 1.29 is 8.81 Å². The summed E-state index contributed by atoms with van der Waals surface area (Å²) in [4.78, 5) is 7.85. The zero-order valence-corrected chi connectivity index (χ0v) is 8.72. The van der Waals surface area contributed by atoms with E-state index in [1.807, 2.05) is 0 Å². The summed E-state index contributed by atoms with van der Waals surface area (Å²) in [6.45, 7) is 0. The van der Waals surface area contributed by atoms with E-state index in [9.17, 15) is 4.39 Å². The van der Waals surface area contributed by atoms with Crippen LogP contribution in [-0.2, 0) is 0 Å². The maximum absolute atomic E-state index is 13.0. The Bertz CT molecular complexity index is 693. The standard InChI is InChI=1S/C12H8FN3O/c13-8-1-2-10-7(3-8)4-11(17-10)9-5-12(14)16-6-15-9/h1-6H,(H2,14,15,16). The Morgan fingerprint density at radius 1 is 1.12 bits per heavy atom. The van der Waals surface area contributed by atoms with E-state index in [0.29, 0.717) is 28.2 Å². The number of furan rings is 1. The molecule has 3 rings (SSSR count). The van der Waals surface area contributed by atoms with Gasteiger partial charge in [-0.15, -0.1) is 0 Å². The third-order valence-corrected chi connectivity index (χ3v) is 2.42. The minimum atomic E-state index is -0.299. The van der Waals surface area contributed by atoms with Crippen LogP contribution in [0.3, 0.4) is 0 Å². The van der Waals surface area contributed by atoms with Gasteiger partial charge in [0.15, 0.2) is 5.76 Å². The molecule has 2 N–H and O–H groups in total. The smallest absolute Gasteiger partial charge is 0.153 e. The Balaban J connectivity index is 2.18. The molecule has 0 aliphatic carbocycles. The molecule has 0 amide bonds. The number of aromatic nitrogens is 2. The Morgan fingerprint density at radius 3 is 2.82 bits per heavy atom. The fourth-order valence-corrected chi connectivity index (χ4v) is 1.65. The van der Waals surface area contributed by atoms with Gasteiger partial charge < -0.3 is 10.2 Å². The highest BCUT2D eigenvalue weighted by atomic mass is 19.1. The van der Waals surface area contributed by atoms with Crippen LogP contribution in [0.25, 0.3) is 22.4 Å². The lowest BCUT2D eigenvalue weighted by molar-refractivity contribution is 0.617. The molecule has 2 aromatic heterocycles. The molecule has 3 aromatic rings. The van der Waals surface area contributed by atoms with E-state index in [-0.39, 0.29) is 5.82 Å². The molecule has 84 valence electrons. The van der Waals surface area contributed by atoms with Crippen molar-refractivity contribution in [3.63, 3.8) is 0 Å². The minimum Gasteiger partial charge on any atom is -0.454 e. The molecule has 0 saturated carbocycles. The maximum Gasteiger partial charge on any atom is 0.153 e. The van der Waals surface area contributed by atoms with E-state index in [2.05, 4.69) is 9.97 Å². The van der Waals surface area contributed by atoms with E-state index in [0.717, 1.165) is 0 Å². The van der Waals surface area contributed by atoms with E-state index in [1.54, 1.807) is 18.2 Å². The number of rotatable bonds is 1. The van der Waals surface area contributed by atoms with Crippen molar-refractivity contribution >= 4 is 16.8 Å². The number of nitrogen functional groups attached to an aromatic ring is 1. The van der Waals surface area contributed by atoms with Crippen molar-refractivity contribution in [1.82, 2.24) is 9.97 Å². The molecule has 0 atom stereocenters. The van der Waals surface area contributed by atoms with Crippen molar-refractivity contribution in [3.8, 4) is 11.5 Å². The summed E-state index contributed by atoms with van der Waals surface area (Å²) in [5.41, 5.74) is 6.75. The number of fused-ring (bicyclic) bond motifs is 1. The number of nitrogens with zero attached hydrogens (tertiary/aromatic N) is 2. The Kier molecular flexibility index (Phi) is 2.04. The molecule has 0 fully saturated rings. The van der Waals surface area contributed by atoms with Crippen LogP contribution >= 0.6 is 0 Å². The highest BCUT2D eigenvalue weighted by molar-refractivity contribution is 5.82. The monoisotopic (exact) mass is 229 g/mol. The molecule has 1 aromatic carbocycles. The summed E-state index contributed by atoms with van der Waals surface area (Å²) in [7, 11) is 0. The molecule has 0 aliphatic heterocycles. The van der Waals surface area contributed by atoms with Crippen LogP contribution in [0.4, 0.5) is 10.2 Å². The summed E-state index contributed by atoms with van der Waals surface area (Å²) in [5, 5.41) is 0.692. The lowest BCUT2D eigenvalue weighted by Gasteiger charge is -1.95. The van der Waals surface area contributed by atoms with Gasteiger partial charge in [0, 0.05) is 11.5 Å². The van der Waals surface area contributed by atoms with Gasteiger partial charge in [0.1, 0.15) is 29.2 Å². The van der Waals surface area contributed by atoms with Gasteiger partial charge in [-0.2, -0.15) is 0 Å². The second-order valence-electron chi connectivity index (χ2n) is 3.62. The molecule has 0 spiro atoms. The van der Waals surface area contributed by atoms with Crippen molar-refractivity contribution in [2.75, 3.05) is 5.73 Å². The molecule has 0 unspecified atom stereocenters. The van der Waals surface area contributed by atoms with E-state index in [4.69, 9.17) is 10.2 Å². The minimum absolute atomic E-state index is 0.299. The Labute approximate surface area is 95.9 Å². The van der Waals surface area contributed by atoms with Crippen molar-refractivity contribution in [2.45, 2.75) is 0 Å². The molecular weight excluding hydrogens is 221 g/mol. The van der Waals surface area contributed by atoms with Crippen LogP contribution in [0.2, 0.25) is 0 Å². The first-order chi connectivity index (χ1) is 8.22. The van der Waals surface area contributed by atoms with Gasteiger partial charge in [0.2, 0.25) is 0 Å². The summed E-state index contributed by atoms with van der Waals surface area (Å²) >= 11 is 0. The third kappa shape index (κ3) is 1.71. The van der Waals surface area contributed by atoms with Crippen LogP contribution < -0.4 is 5.73 Å². The number of benzene rings is 1. The van der Waals surface area contributed by atoms with E-state index >= 15 is 0 Å². The van der Waals surface area contributed by atoms with Gasteiger partial charge in [-0.3, -0.25) is 0 Å². The zero-order chi connectivity index (χ0) is 11.8. The molecule has 0 radical (unpaired) electrons. The average Bonchev–Trinajstić information content (AvgIpc) is 2.72. The number of halogens is 1. The lowest BCUT2D eigenvalue weighted by atomic mass is 10.2. The second kappa shape index (κ2) is 3.55. The van der Waals surface area contributed by atoms with Crippen molar-refractivity contribution in [1.29, 1.82) is 0 Å². The number of nitrogens with two attached hydrogens (primary N) is 1. The first-order valence-corrected chi connectivity index (χ1v) is 4.99. The van der Waals surface area contributed by atoms with E-state index < -0.39 is 0 Å². The van der Waals surface area contributed by atoms with Crippen LogP contribution in [0.5, 0.6) is 0 Å². The van der Waals surface area contributed by atoms with Crippen LogP contribution in [0.1, 0.15) is 0 Å². The van der Waals surface area contributed by atoms with Gasteiger partial charge in [0.25, 0.3) is 0 Å². The number of hydrogen-bond donors (Lipinski definition) is 1. The molecule has 17 heavy (non-hydrogen) atoms. The fourth-order valence-electron chi connectivity index (χ4n) is 1.65. The topological polar surface area (TPSA) is 64.9 Å². The van der Waals surface area contributed by atoms with Gasteiger partial charge >= 0.3 is 0 Å². The predicted molar refractivity (Wildman–Crippen MR) is 61.6 cm³/mol. The van der Waals surface area contributed by atoms with E-state index in [1.165, 1.54) is 18.5 Å². The normalized spacial score (nSPS) is 10.9. The molecule has 4 nitrogen and oxygen atoms in total. The third-order valence-electron chi connectivity index (χ3n) is 2.42. The van der Waals surface area contributed by atoms with Gasteiger partial charge in [-0.05, 0) is 24.3 Å². The van der Waals surface area contributed by atoms with Gasteiger partial charge in [-0.1, -0.05) is 0 Å². The first-order valence-electron chi connectivity index (χ1n) is 4.99. The van der Waals surface area contributed by atoms with Crippen LogP contribution in [0.15, 0.2) is 41.1 Å². The predicted octanol–water partition coefficient (Wildman–Crippen LogP) is 2.61. The van der Waals surface area contributed by atoms with Crippen molar-refractivity contribution in [2.24, 2.45) is 0 Å². The molecule has 0 aliphatic rings. The van der Waals surface area contributed by atoms with Gasteiger partial charge in [0.05, 0.1) is 0 Å². The zero-order valence-electron chi connectivity index (χ0n) is 8.72. The molecule has 5 heteroatoms. The quantitative estimate of drug-likeness (QED) is 0.696. The lowest BCUT2D eigenvalue weighted by Crippen LogP contribution is -1.91. The summed E-state index contributed by atoms with van der Waals surface area (Å²) in [5.74, 6) is 0.605. The Morgan fingerprint density at radius 2 is 2.00 bits per heavy atom. The molecule has 0 saturated heterocycles. The maximum atomic E-state index is 13.0. The fraction of sp³-hybridized carbons (Fsp3) is 0. The number of hydrogen-bond acceptors (Lipinski definition) is 4. The van der Waals surface area contributed by atoms with Crippen molar-refractivity contribution in [3.05, 3.63) is 42.5 Å². The number of anilines is 1. The van der Waals surface area contributed by atoms with Gasteiger partial charge in [-0.25, -0.2) is 14.4 Å². The first kappa shape index (κ1) is 9.77. The van der Waals surface area contributed by atoms with Crippen LogP contribution in [-0.4, -0.2) is 9.97 Å². The molecule has 2 heterocycles. The molecular formula is C12H8FN3O. The Hall–Kier alpha value is -2.43. The average molecular weight is 229 g/mol. The summed E-state index contributed by atoms with van der Waals surface area (Å²) in [6.07, 6.45) is 1.36. The van der Waals surface area contributed by atoms with Crippen LogP contribution in [0, 0.1) is 5.82 Å². The molecule has 0 bridgehead atoms. The second-order valence-corrected chi connectivity index (χ2v) is 3.62. The largest absolute Gasteiger partial charge is 0.454 e. The summed E-state index contributed by atoms with van der Waals surface area (Å²) in [6, 6.07) is 7.67. The highest BCUT2D eigenvalue weighted by Crippen LogP contribution is 2.27. The summed E-state index contributed by atoms with van der Waals surface area (Å²) < 4.78 is 18.6.